The standard InChI is InChI=1S/C8H12N2O2S/c1-6(9)7-3-2-4-8(5-7)13(10,11)12/h2-6H,9H2,1H3,(H2,10,11,12)/p+1/t6-/m1/s1. The molecule has 0 radical (unpaired) electrons. The van der Waals surface area contributed by atoms with Crippen molar-refractivity contribution in [1.82, 2.24) is 0 Å². The van der Waals surface area contributed by atoms with Crippen LogP contribution in [0.5, 0.6) is 0 Å². The average Bonchev–Trinajstić information content (AvgIpc) is 2.03. The smallest absolute Gasteiger partial charge is 0.238 e. The number of primary sulfonamides is 1. The number of hydrogen-bond acceptors (Lipinski definition) is 2. The van der Waals surface area contributed by atoms with Crippen LogP contribution in [0.2, 0.25) is 0 Å². The maximum Gasteiger partial charge on any atom is 0.238 e. The summed E-state index contributed by atoms with van der Waals surface area (Å²) in [5, 5.41) is 4.98. The van der Waals surface area contributed by atoms with Gasteiger partial charge in [0.25, 0.3) is 0 Å². The molecule has 0 amide bonds. The van der Waals surface area contributed by atoms with Crippen LogP contribution in [0.15, 0.2) is 29.2 Å². The molecule has 5 N–H and O–H groups in total. The Morgan fingerprint density at radius 3 is 2.54 bits per heavy atom. The zero-order valence-electron chi connectivity index (χ0n) is 7.40. The molecule has 1 rings (SSSR count). The molecule has 0 saturated heterocycles. The third kappa shape index (κ3) is 2.51. The van der Waals surface area contributed by atoms with Crippen LogP contribution >= 0.6 is 0 Å². The first-order valence-electron chi connectivity index (χ1n) is 3.87. The summed E-state index contributed by atoms with van der Waals surface area (Å²) < 4.78 is 21.9. The van der Waals surface area contributed by atoms with Crippen LogP contribution in [0.25, 0.3) is 0 Å². The maximum absolute atomic E-state index is 11.0. The number of quaternary nitrogens is 1. The molecule has 0 aliphatic rings. The Balaban J connectivity index is 3.21. The first kappa shape index (κ1) is 10.2. The molecule has 1 aromatic carbocycles. The maximum atomic E-state index is 11.0. The highest BCUT2D eigenvalue weighted by molar-refractivity contribution is 7.89. The fourth-order valence-corrected chi connectivity index (χ4v) is 1.57. The summed E-state index contributed by atoms with van der Waals surface area (Å²) in [5.41, 5.74) is 4.66. The van der Waals surface area contributed by atoms with Crippen molar-refractivity contribution >= 4 is 10.0 Å². The Labute approximate surface area is 77.6 Å². The van der Waals surface area contributed by atoms with Crippen LogP contribution in [0.1, 0.15) is 18.5 Å². The fourth-order valence-electron chi connectivity index (χ4n) is 0.998. The van der Waals surface area contributed by atoms with Gasteiger partial charge in [0, 0.05) is 5.56 Å². The van der Waals surface area contributed by atoms with Gasteiger partial charge in [-0.25, -0.2) is 13.6 Å². The Kier molecular flexibility index (Phi) is 2.70. The summed E-state index contributed by atoms with van der Waals surface area (Å²) in [6, 6.07) is 6.57. The molecule has 0 aromatic heterocycles. The molecule has 0 bridgehead atoms. The molecule has 13 heavy (non-hydrogen) atoms. The topological polar surface area (TPSA) is 87.8 Å². The lowest BCUT2D eigenvalue weighted by atomic mass is 10.1. The van der Waals surface area contributed by atoms with E-state index in [1.165, 1.54) is 6.07 Å². The van der Waals surface area contributed by atoms with E-state index in [1.807, 2.05) is 13.0 Å². The minimum absolute atomic E-state index is 0.0571. The number of nitrogens with two attached hydrogens (primary N) is 1. The largest absolute Gasteiger partial charge is 0.352 e. The van der Waals surface area contributed by atoms with Crippen LogP contribution in [0.3, 0.4) is 0 Å². The molecular weight excluding hydrogens is 188 g/mol. The lowest BCUT2D eigenvalue weighted by Crippen LogP contribution is -2.51. The highest BCUT2D eigenvalue weighted by Crippen LogP contribution is 2.13. The van der Waals surface area contributed by atoms with E-state index in [0.717, 1.165) is 5.56 Å². The van der Waals surface area contributed by atoms with Crippen molar-refractivity contribution in [3.8, 4) is 0 Å². The first-order chi connectivity index (χ1) is 5.91. The molecule has 1 aromatic rings. The van der Waals surface area contributed by atoms with E-state index in [0.29, 0.717) is 0 Å². The third-order valence-electron chi connectivity index (χ3n) is 1.76. The summed E-state index contributed by atoms with van der Waals surface area (Å²) in [6.45, 7) is 1.89. The molecule has 0 spiro atoms. The van der Waals surface area contributed by atoms with Crippen molar-refractivity contribution < 1.29 is 14.2 Å². The van der Waals surface area contributed by atoms with Gasteiger partial charge in [0.05, 0.1) is 4.90 Å². The molecular formula is C8H13N2O2S+. The summed E-state index contributed by atoms with van der Waals surface area (Å²) >= 11 is 0. The van der Waals surface area contributed by atoms with E-state index in [1.54, 1.807) is 12.1 Å². The van der Waals surface area contributed by atoms with Crippen LogP contribution < -0.4 is 10.9 Å². The third-order valence-corrected chi connectivity index (χ3v) is 2.67. The molecule has 0 unspecified atom stereocenters. The Hall–Kier alpha value is -0.910. The molecule has 1 atom stereocenters. The zero-order valence-corrected chi connectivity index (χ0v) is 8.21. The molecule has 0 aliphatic heterocycles. The number of sulfonamides is 1. The van der Waals surface area contributed by atoms with Crippen molar-refractivity contribution in [2.75, 3.05) is 0 Å². The van der Waals surface area contributed by atoms with E-state index in [2.05, 4.69) is 5.73 Å². The summed E-state index contributed by atoms with van der Waals surface area (Å²) in [7, 11) is -3.59. The number of benzene rings is 1. The van der Waals surface area contributed by atoms with E-state index in [-0.39, 0.29) is 10.9 Å². The monoisotopic (exact) mass is 201 g/mol. The summed E-state index contributed by atoms with van der Waals surface area (Å²) in [4.78, 5) is 0.139. The highest BCUT2D eigenvalue weighted by Gasteiger charge is 2.10. The normalized spacial score (nSPS) is 14.1. The van der Waals surface area contributed by atoms with Crippen molar-refractivity contribution in [2.45, 2.75) is 17.9 Å². The second-order valence-electron chi connectivity index (χ2n) is 3.02. The van der Waals surface area contributed by atoms with E-state index >= 15 is 0 Å². The number of rotatable bonds is 2. The van der Waals surface area contributed by atoms with Crippen molar-refractivity contribution in [1.29, 1.82) is 0 Å². The van der Waals surface area contributed by atoms with Gasteiger partial charge in [-0.2, -0.15) is 0 Å². The predicted molar refractivity (Wildman–Crippen MR) is 49.1 cm³/mol. The zero-order chi connectivity index (χ0) is 10.1. The summed E-state index contributed by atoms with van der Waals surface area (Å²) in [6.07, 6.45) is 0. The minimum Gasteiger partial charge on any atom is -0.352 e. The minimum atomic E-state index is -3.59. The average molecular weight is 201 g/mol. The Bertz CT molecular complexity index is 398. The molecule has 0 aliphatic carbocycles. The van der Waals surface area contributed by atoms with Crippen molar-refractivity contribution in [2.24, 2.45) is 5.14 Å². The van der Waals surface area contributed by atoms with Gasteiger partial charge in [-0.15, -0.1) is 0 Å². The molecule has 5 heteroatoms. The quantitative estimate of drug-likeness (QED) is 0.684. The van der Waals surface area contributed by atoms with Gasteiger partial charge < -0.3 is 5.73 Å². The molecule has 0 saturated carbocycles. The first-order valence-corrected chi connectivity index (χ1v) is 5.42. The molecule has 4 nitrogen and oxygen atoms in total. The number of hydrogen-bond donors (Lipinski definition) is 2. The van der Waals surface area contributed by atoms with E-state index < -0.39 is 10.0 Å². The predicted octanol–water partition coefficient (Wildman–Crippen LogP) is -0.363. The van der Waals surface area contributed by atoms with Crippen LogP contribution in [-0.2, 0) is 10.0 Å². The van der Waals surface area contributed by atoms with Gasteiger partial charge in [-0.1, -0.05) is 12.1 Å². The van der Waals surface area contributed by atoms with Gasteiger partial charge in [0.2, 0.25) is 10.0 Å². The van der Waals surface area contributed by atoms with Gasteiger partial charge in [0.1, 0.15) is 6.04 Å². The Morgan fingerprint density at radius 2 is 2.08 bits per heavy atom. The van der Waals surface area contributed by atoms with Gasteiger partial charge >= 0.3 is 0 Å². The van der Waals surface area contributed by atoms with Crippen molar-refractivity contribution in [3.05, 3.63) is 29.8 Å². The second kappa shape index (κ2) is 3.45. The lowest BCUT2D eigenvalue weighted by Gasteiger charge is -2.03. The molecule has 0 heterocycles. The van der Waals surface area contributed by atoms with Crippen LogP contribution in [-0.4, -0.2) is 8.42 Å². The molecule has 72 valence electrons. The molecule has 0 fully saturated rings. The van der Waals surface area contributed by atoms with Crippen LogP contribution in [0, 0.1) is 0 Å². The SMILES string of the molecule is C[C@@H]([NH3+])c1cccc(S(N)(=O)=O)c1. The van der Waals surface area contributed by atoms with Crippen molar-refractivity contribution in [3.63, 3.8) is 0 Å². The highest BCUT2D eigenvalue weighted by atomic mass is 32.2. The summed E-state index contributed by atoms with van der Waals surface area (Å²) in [5.74, 6) is 0. The van der Waals surface area contributed by atoms with E-state index in [9.17, 15) is 8.42 Å². The Morgan fingerprint density at radius 1 is 1.46 bits per heavy atom. The van der Waals surface area contributed by atoms with E-state index in [4.69, 9.17) is 5.14 Å². The lowest BCUT2D eigenvalue weighted by molar-refractivity contribution is -0.420. The van der Waals surface area contributed by atoms with Gasteiger partial charge in [0.15, 0.2) is 0 Å². The van der Waals surface area contributed by atoms with Gasteiger partial charge in [-0.3, -0.25) is 0 Å². The van der Waals surface area contributed by atoms with Gasteiger partial charge in [-0.05, 0) is 19.1 Å². The van der Waals surface area contributed by atoms with Crippen LogP contribution in [0.4, 0.5) is 0 Å². The second-order valence-corrected chi connectivity index (χ2v) is 4.58. The fraction of sp³-hybridized carbons (Fsp3) is 0.250.